The summed E-state index contributed by atoms with van der Waals surface area (Å²) >= 11 is 1.46. The summed E-state index contributed by atoms with van der Waals surface area (Å²) in [7, 11) is -3.82. The number of rotatable bonds is 5. The molecular formula is C19H18F2N2O4S2. The summed E-state index contributed by atoms with van der Waals surface area (Å²) in [6, 6.07) is 7.10. The van der Waals surface area contributed by atoms with Crippen molar-refractivity contribution in [3.63, 3.8) is 0 Å². The van der Waals surface area contributed by atoms with Crippen LogP contribution < -0.4 is 10.6 Å². The van der Waals surface area contributed by atoms with Gasteiger partial charge in [0.05, 0.1) is 22.0 Å². The fraction of sp³-hybridized carbons (Fsp3) is 0.263. The molecular weight excluding hydrogens is 422 g/mol. The molecule has 2 aromatic rings. The standard InChI is InChI=1S/C19H18F2N2O4S2/c1-11-10-28-17-5-3-13(9-16(17)23-19(11)25)29(26,27)7-6-18(24)22-15-4-2-12(20)8-14(15)21/h2-5,8-9,11H,6-7,10H2,1H3,(H,22,24)(H,23,25)/t11-/m1/s1. The van der Waals surface area contributed by atoms with Crippen molar-refractivity contribution in [2.75, 3.05) is 22.1 Å². The molecule has 2 N–H and O–H groups in total. The molecule has 0 aromatic heterocycles. The molecule has 1 aliphatic rings. The molecule has 2 amide bonds. The van der Waals surface area contributed by atoms with E-state index in [2.05, 4.69) is 10.6 Å². The van der Waals surface area contributed by atoms with Gasteiger partial charge in [0.1, 0.15) is 11.6 Å². The molecule has 0 saturated carbocycles. The molecule has 0 unspecified atom stereocenters. The number of thioether (sulfide) groups is 1. The Morgan fingerprint density at radius 1 is 1.24 bits per heavy atom. The number of anilines is 2. The maximum atomic E-state index is 13.6. The Labute approximate surface area is 171 Å². The summed E-state index contributed by atoms with van der Waals surface area (Å²) in [6.07, 6.45) is -0.408. The van der Waals surface area contributed by atoms with E-state index in [0.717, 1.165) is 17.0 Å². The second-order valence-electron chi connectivity index (χ2n) is 6.60. The van der Waals surface area contributed by atoms with Crippen LogP contribution in [0.3, 0.4) is 0 Å². The SMILES string of the molecule is C[C@@H]1CSc2ccc(S(=O)(=O)CCC(=O)Nc3ccc(F)cc3F)cc2NC1=O. The second-order valence-corrected chi connectivity index (χ2v) is 9.77. The summed E-state index contributed by atoms with van der Waals surface area (Å²) < 4.78 is 51.7. The lowest BCUT2D eigenvalue weighted by atomic mass is 10.2. The largest absolute Gasteiger partial charge is 0.325 e. The molecule has 0 aliphatic carbocycles. The number of sulfone groups is 1. The fourth-order valence-corrected chi connectivity index (χ4v) is 4.89. The Hall–Kier alpha value is -2.46. The molecule has 10 heteroatoms. The van der Waals surface area contributed by atoms with Crippen molar-refractivity contribution in [1.29, 1.82) is 0 Å². The molecule has 3 rings (SSSR count). The van der Waals surface area contributed by atoms with Crippen LogP contribution in [0.5, 0.6) is 0 Å². The molecule has 0 radical (unpaired) electrons. The third-order valence-corrected chi connectivity index (χ3v) is 7.35. The Kier molecular flexibility index (Phi) is 6.23. The summed E-state index contributed by atoms with van der Waals surface area (Å²) in [4.78, 5) is 24.7. The molecule has 6 nitrogen and oxygen atoms in total. The summed E-state index contributed by atoms with van der Waals surface area (Å²) in [5.74, 6) is -2.76. The van der Waals surface area contributed by atoms with E-state index in [0.29, 0.717) is 17.5 Å². The first-order valence-corrected chi connectivity index (χ1v) is 11.3. The Balaban J connectivity index is 1.69. The maximum Gasteiger partial charge on any atom is 0.228 e. The highest BCUT2D eigenvalue weighted by molar-refractivity contribution is 7.99. The van der Waals surface area contributed by atoms with Gasteiger partial charge in [0, 0.05) is 29.1 Å². The minimum absolute atomic E-state index is 0.0209. The van der Waals surface area contributed by atoms with E-state index in [1.165, 1.54) is 23.9 Å². The van der Waals surface area contributed by atoms with Crippen molar-refractivity contribution in [2.24, 2.45) is 5.92 Å². The van der Waals surface area contributed by atoms with E-state index in [1.54, 1.807) is 13.0 Å². The van der Waals surface area contributed by atoms with Crippen molar-refractivity contribution in [1.82, 2.24) is 0 Å². The summed E-state index contributed by atoms with van der Waals surface area (Å²) in [5, 5.41) is 4.94. The van der Waals surface area contributed by atoms with Gasteiger partial charge in [0.15, 0.2) is 9.84 Å². The van der Waals surface area contributed by atoms with Gasteiger partial charge in [0.2, 0.25) is 11.8 Å². The third-order valence-electron chi connectivity index (χ3n) is 4.31. The molecule has 0 fully saturated rings. The average molecular weight is 440 g/mol. The van der Waals surface area contributed by atoms with E-state index >= 15 is 0 Å². The first-order chi connectivity index (χ1) is 13.7. The normalized spacial score (nSPS) is 16.5. The molecule has 1 heterocycles. The van der Waals surface area contributed by atoms with Crippen LogP contribution in [0.4, 0.5) is 20.2 Å². The lowest BCUT2D eigenvalue weighted by Crippen LogP contribution is -2.20. The van der Waals surface area contributed by atoms with Gasteiger partial charge in [-0.3, -0.25) is 9.59 Å². The molecule has 0 spiro atoms. The Morgan fingerprint density at radius 2 is 2.00 bits per heavy atom. The molecule has 0 saturated heterocycles. The highest BCUT2D eigenvalue weighted by Gasteiger charge is 2.23. The van der Waals surface area contributed by atoms with Gasteiger partial charge in [-0.1, -0.05) is 6.92 Å². The third kappa shape index (κ3) is 5.13. The number of amides is 2. The van der Waals surface area contributed by atoms with E-state index in [9.17, 15) is 26.8 Å². The quantitative estimate of drug-likeness (QED) is 0.743. The molecule has 29 heavy (non-hydrogen) atoms. The van der Waals surface area contributed by atoms with Crippen LogP contribution in [-0.2, 0) is 19.4 Å². The maximum absolute atomic E-state index is 13.6. The van der Waals surface area contributed by atoms with Gasteiger partial charge in [0.25, 0.3) is 0 Å². The van der Waals surface area contributed by atoms with Crippen molar-refractivity contribution < 1.29 is 26.8 Å². The van der Waals surface area contributed by atoms with Gasteiger partial charge < -0.3 is 10.6 Å². The molecule has 0 bridgehead atoms. The number of fused-ring (bicyclic) bond motifs is 1. The lowest BCUT2D eigenvalue weighted by Gasteiger charge is -2.10. The molecule has 1 atom stereocenters. The van der Waals surface area contributed by atoms with Crippen LogP contribution >= 0.6 is 11.8 Å². The fourth-order valence-electron chi connectivity index (χ4n) is 2.62. The Bertz CT molecular complexity index is 1070. The zero-order chi connectivity index (χ0) is 21.2. The highest BCUT2D eigenvalue weighted by Crippen LogP contribution is 2.34. The van der Waals surface area contributed by atoms with E-state index < -0.39 is 39.6 Å². The number of benzene rings is 2. The minimum Gasteiger partial charge on any atom is -0.325 e. The van der Waals surface area contributed by atoms with Gasteiger partial charge in [-0.15, -0.1) is 11.8 Å². The number of carbonyl (C=O) groups is 2. The van der Waals surface area contributed by atoms with Crippen LogP contribution in [0.1, 0.15) is 13.3 Å². The molecule has 2 aromatic carbocycles. The number of carbonyl (C=O) groups excluding carboxylic acids is 2. The highest BCUT2D eigenvalue weighted by atomic mass is 32.2. The predicted octanol–water partition coefficient (Wildman–Crippen LogP) is 3.45. The van der Waals surface area contributed by atoms with Crippen LogP contribution in [0, 0.1) is 17.6 Å². The van der Waals surface area contributed by atoms with E-state index in [1.807, 2.05) is 0 Å². The zero-order valence-corrected chi connectivity index (χ0v) is 17.0. The summed E-state index contributed by atoms with van der Waals surface area (Å²) in [6.45, 7) is 1.79. The van der Waals surface area contributed by atoms with Crippen LogP contribution in [0.15, 0.2) is 46.2 Å². The first-order valence-electron chi connectivity index (χ1n) is 8.71. The number of hydrogen-bond acceptors (Lipinski definition) is 5. The van der Waals surface area contributed by atoms with Crippen molar-refractivity contribution >= 4 is 44.8 Å². The molecule has 1 aliphatic heterocycles. The van der Waals surface area contributed by atoms with Gasteiger partial charge in [-0.05, 0) is 30.3 Å². The Morgan fingerprint density at radius 3 is 2.72 bits per heavy atom. The topological polar surface area (TPSA) is 92.3 Å². The van der Waals surface area contributed by atoms with Crippen LogP contribution in [0.25, 0.3) is 0 Å². The zero-order valence-electron chi connectivity index (χ0n) is 15.4. The van der Waals surface area contributed by atoms with Crippen molar-refractivity contribution in [3.05, 3.63) is 48.0 Å². The van der Waals surface area contributed by atoms with Gasteiger partial charge >= 0.3 is 0 Å². The van der Waals surface area contributed by atoms with E-state index in [4.69, 9.17) is 0 Å². The van der Waals surface area contributed by atoms with E-state index in [-0.39, 0.29) is 22.4 Å². The average Bonchev–Trinajstić information content (AvgIpc) is 2.80. The second kappa shape index (κ2) is 8.50. The van der Waals surface area contributed by atoms with Crippen LogP contribution in [-0.4, -0.2) is 31.7 Å². The minimum atomic E-state index is -3.82. The first kappa shape index (κ1) is 21.3. The number of hydrogen-bond donors (Lipinski definition) is 2. The predicted molar refractivity (Wildman–Crippen MR) is 107 cm³/mol. The smallest absolute Gasteiger partial charge is 0.228 e. The van der Waals surface area contributed by atoms with Gasteiger partial charge in [-0.25, -0.2) is 17.2 Å². The van der Waals surface area contributed by atoms with Crippen LogP contribution in [0.2, 0.25) is 0 Å². The number of nitrogens with one attached hydrogen (secondary N) is 2. The van der Waals surface area contributed by atoms with Crippen molar-refractivity contribution in [3.8, 4) is 0 Å². The number of halogens is 2. The molecule has 154 valence electrons. The van der Waals surface area contributed by atoms with Gasteiger partial charge in [-0.2, -0.15) is 0 Å². The van der Waals surface area contributed by atoms with Crippen molar-refractivity contribution in [2.45, 2.75) is 23.1 Å². The summed E-state index contributed by atoms with van der Waals surface area (Å²) in [5.41, 5.74) is 0.191. The monoisotopic (exact) mass is 440 g/mol. The lowest BCUT2D eigenvalue weighted by molar-refractivity contribution is -0.118.